The number of benzene rings is 3. The van der Waals surface area contributed by atoms with Gasteiger partial charge < -0.3 is 19.7 Å². The second-order valence-corrected chi connectivity index (χ2v) is 11.2. The van der Waals surface area contributed by atoms with E-state index in [9.17, 15) is 18.0 Å². The number of carbonyl (C=O) groups excluding carboxylic acids is 2. The Hall–Kier alpha value is -4.05. The molecular formula is C30H37N3O6S. The summed E-state index contributed by atoms with van der Waals surface area (Å²) in [4.78, 5) is 28.3. The minimum atomic E-state index is -4.24. The third kappa shape index (κ3) is 6.93. The second-order valence-electron chi connectivity index (χ2n) is 9.38. The lowest BCUT2D eigenvalue weighted by Crippen LogP contribution is -2.51. The minimum absolute atomic E-state index is 0.0120. The van der Waals surface area contributed by atoms with E-state index < -0.39 is 28.5 Å². The lowest BCUT2D eigenvalue weighted by atomic mass is 10.1. The van der Waals surface area contributed by atoms with Gasteiger partial charge in [0.25, 0.3) is 10.0 Å². The van der Waals surface area contributed by atoms with Crippen molar-refractivity contribution in [2.45, 2.75) is 45.2 Å². The molecule has 0 saturated carbocycles. The average molecular weight is 568 g/mol. The first-order chi connectivity index (χ1) is 19.0. The van der Waals surface area contributed by atoms with E-state index in [2.05, 4.69) is 5.32 Å². The van der Waals surface area contributed by atoms with E-state index in [1.165, 1.54) is 37.3 Å². The van der Waals surface area contributed by atoms with Crippen molar-refractivity contribution in [3.63, 3.8) is 0 Å². The Labute approximate surface area is 236 Å². The van der Waals surface area contributed by atoms with Crippen LogP contribution in [0.2, 0.25) is 0 Å². The molecule has 40 heavy (non-hydrogen) atoms. The highest BCUT2D eigenvalue weighted by Crippen LogP contribution is 2.36. The minimum Gasteiger partial charge on any atom is -0.497 e. The van der Waals surface area contributed by atoms with Crippen molar-refractivity contribution in [3.05, 3.63) is 83.4 Å². The van der Waals surface area contributed by atoms with Crippen molar-refractivity contribution in [2.75, 3.05) is 31.6 Å². The molecule has 2 amide bonds. The molecule has 0 aromatic heterocycles. The molecule has 0 aliphatic heterocycles. The number of likely N-dealkylation sites (N-methyl/N-ethyl adjacent to an activating group) is 1. The maximum absolute atomic E-state index is 14.1. The molecule has 1 N–H and O–H groups in total. The first kappa shape index (κ1) is 30.5. The molecule has 10 heteroatoms. The Morgan fingerprint density at radius 2 is 1.62 bits per heavy atom. The number of hydrogen-bond donors (Lipinski definition) is 1. The maximum Gasteiger partial charge on any atom is 0.264 e. The molecule has 1 unspecified atom stereocenters. The fraction of sp³-hybridized carbons (Fsp3) is 0.333. The summed E-state index contributed by atoms with van der Waals surface area (Å²) in [5.41, 5.74) is 2.82. The summed E-state index contributed by atoms with van der Waals surface area (Å²) >= 11 is 0. The molecule has 0 aliphatic rings. The van der Waals surface area contributed by atoms with Crippen LogP contribution in [0.3, 0.4) is 0 Å². The van der Waals surface area contributed by atoms with Crippen molar-refractivity contribution in [2.24, 2.45) is 0 Å². The van der Waals surface area contributed by atoms with Crippen LogP contribution in [-0.2, 0) is 26.2 Å². The summed E-state index contributed by atoms with van der Waals surface area (Å²) < 4.78 is 40.0. The third-order valence-corrected chi connectivity index (χ3v) is 8.44. The van der Waals surface area contributed by atoms with Gasteiger partial charge in [-0.2, -0.15) is 0 Å². The highest BCUT2D eigenvalue weighted by atomic mass is 32.2. The van der Waals surface area contributed by atoms with Crippen molar-refractivity contribution >= 4 is 27.5 Å². The molecule has 1 atom stereocenters. The van der Waals surface area contributed by atoms with E-state index in [1.54, 1.807) is 38.1 Å². The van der Waals surface area contributed by atoms with Crippen LogP contribution >= 0.6 is 0 Å². The van der Waals surface area contributed by atoms with Crippen LogP contribution in [0.15, 0.2) is 71.6 Å². The second kappa shape index (κ2) is 13.3. The molecule has 0 spiro atoms. The standard InChI is InChI=1S/C30H37N3O6S/c1-7-31-30(35)23(4)32(19-24-11-9-8-10-22(24)3)29(34)20-33(27-18-25(38-5)14-17-28(27)39-6)40(36,37)26-15-12-21(2)13-16-26/h8-18,23H,7,19-20H2,1-6H3,(H,31,35). The van der Waals surface area contributed by atoms with E-state index >= 15 is 0 Å². The summed E-state index contributed by atoms with van der Waals surface area (Å²) in [6.45, 7) is 7.14. The van der Waals surface area contributed by atoms with Crippen LogP contribution in [0.1, 0.15) is 30.5 Å². The molecule has 3 aromatic carbocycles. The number of amides is 2. The van der Waals surface area contributed by atoms with E-state index in [1.807, 2.05) is 38.1 Å². The largest absolute Gasteiger partial charge is 0.497 e. The Balaban J connectivity index is 2.13. The number of nitrogens with one attached hydrogen (secondary N) is 1. The molecule has 3 aromatic rings. The highest BCUT2D eigenvalue weighted by Gasteiger charge is 2.34. The predicted octanol–water partition coefficient (Wildman–Crippen LogP) is 4.07. The molecule has 3 rings (SSSR count). The van der Waals surface area contributed by atoms with Crippen LogP contribution in [0, 0.1) is 13.8 Å². The molecule has 0 bridgehead atoms. The van der Waals surface area contributed by atoms with Crippen molar-refractivity contribution in [1.82, 2.24) is 10.2 Å². The summed E-state index contributed by atoms with van der Waals surface area (Å²) in [6.07, 6.45) is 0. The van der Waals surface area contributed by atoms with Gasteiger partial charge in [0.2, 0.25) is 11.8 Å². The van der Waals surface area contributed by atoms with E-state index in [4.69, 9.17) is 9.47 Å². The van der Waals surface area contributed by atoms with Crippen LogP contribution in [-0.4, -0.2) is 58.5 Å². The zero-order valence-corrected chi connectivity index (χ0v) is 24.6. The quantitative estimate of drug-likeness (QED) is 0.354. The van der Waals surface area contributed by atoms with Gasteiger partial charge in [0, 0.05) is 19.2 Å². The van der Waals surface area contributed by atoms with Gasteiger partial charge in [0.15, 0.2) is 0 Å². The van der Waals surface area contributed by atoms with Gasteiger partial charge in [-0.3, -0.25) is 13.9 Å². The Morgan fingerprint density at radius 1 is 0.950 bits per heavy atom. The first-order valence-corrected chi connectivity index (χ1v) is 14.4. The number of methoxy groups -OCH3 is 2. The van der Waals surface area contributed by atoms with Crippen molar-refractivity contribution < 1.29 is 27.5 Å². The molecule has 9 nitrogen and oxygen atoms in total. The molecule has 214 valence electrons. The summed E-state index contributed by atoms with van der Waals surface area (Å²) in [5.74, 6) is -0.259. The zero-order chi connectivity index (χ0) is 29.4. The number of hydrogen-bond acceptors (Lipinski definition) is 6. The Morgan fingerprint density at radius 3 is 2.23 bits per heavy atom. The molecular weight excluding hydrogens is 530 g/mol. The van der Waals surface area contributed by atoms with E-state index in [-0.39, 0.29) is 28.8 Å². The van der Waals surface area contributed by atoms with Gasteiger partial charge in [-0.25, -0.2) is 8.42 Å². The topological polar surface area (TPSA) is 105 Å². The van der Waals surface area contributed by atoms with Gasteiger partial charge in [-0.1, -0.05) is 42.0 Å². The predicted molar refractivity (Wildman–Crippen MR) is 155 cm³/mol. The number of rotatable bonds is 12. The van der Waals surface area contributed by atoms with Crippen molar-refractivity contribution in [3.8, 4) is 11.5 Å². The zero-order valence-electron chi connectivity index (χ0n) is 23.8. The van der Waals surface area contributed by atoms with Gasteiger partial charge in [0.1, 0.15) is 24.1 Å². The van der Waals surface area contributed by atoms with Gasteiger partial charge in [-0.15, -0.1) is 0 Å². The lowest BCUT2D eigenvalue weighted by molar-refractivity contribution is -0.139. The average Bonchev–Trinajstić information content (AvgIpc) is 2.94. The molecule has 0 radical (unpaired) electrons. The summed E-state index contributed by atoms with van der Waals surface area (Å²) in [5, 5.41) is 2.76. The summed E-state index contributed by atoms with van der Waals surface area (Å²) in [7, 11) is -1.36. The monoisotopic (exact) mass is 567 g/mol. The first-order valence-electron chi connectivity index (χ1n) is 13.0. The van der Waals surface area contributed by atoms with Gasteiger partial charge >= 0.3 is 0 Å². The summed E-state index contributed by atoms with van der Waals surface area (Å²) in [6, 6.07) is 17.8. The number of aryl methyl sites for hydroxylation is 2. The fourth-order valence-corrected chi connectivity index (χ4v) is 5.63. The smallest absolute Gasteiger partial charge is 0.264 e. The SMILES string of the molecule is CCNC(=O)C(C)N(Cc1ccccc1C)C(=O)CN(c1cc(OC)ccc1OC)S(=O)(=O)c1ccc(C)cc1. The number of nitrogens with zero attached hydrogens (tertiary/aromatic N) is 2. The van der Waals surface area contributed by atoms with Crippen LogP contribution in [0.25, 0.3) is 0 Å². The molecule has 0 fully saturated rings. The third-order valence-electron chi connectivity index (χ3n) is 6.66. The number of sulfonamides is 1. The van der Waals surface area contributed by atoms with Crippen molar-refractivity contribution in [1.29, 1.82) is 0 Å². The van der Waals surface area contributed by atoms with Gasteiger partial charge in [-0.05, 0) is 63.1 Å². The molecule has 0 heterocycles. The van der Waals surface area contributed by atoms with Crippen LogP contribution < -0.4 is 19.1 Å². The number of carbonyl (C=O) groups is 2. The number of ether oxygens (including phenoxy) is 2. The van der Waals surface area contributed by atoms with Crippen LogP contribution in [0.4, 0.5) is 5.69 Å². The van der Waals surface area contributed by atoms with Crippen LogP contribution in [0.5, 0.6) is 11.5 Å². The highest BCUT2D eigenvalue weighted by molar-refractivity contribution is 7.92. The molecule has 0 saturated heterocycles. The van der Waals surface area contributed by atoms with E-state index in [0.29, 0.717) is 12.3 Å². The number of anilines is 1. The van der Waals surface area contributed by atoms with E-state index in [0.717, 1.165) is 21.0 Å². The molecule has 0 aliphatic carbocycles. The lowest BCUT2D eigenvalue weighted by Gasteiger charge is -2.32. The Kier molecular flexibility index (Phi) is 10.2. The van der Waals surface area contributed by atoms with Gasteiger partial charge in [0.05, 0.1) is 24.8 Å². The maximum atomic E-state index is 14.1. The fourth-order valence-electron chi connectivity index (χ4n) is 4.22. The Bertz CT molecular complexity index is 1440. The normalized spacial score (nSPS) is 11.8.